The van der Waals surface area contributed by atoms with E-state index >= 15 is 0 Å². The van der Waals surface area contributed by atoms with Crippen LogP contribution in [0.25, 0.3) is 0 Å². The highest BCUT2D eigenvalue weighted by molar-refractivity contribution is 7.92. The summed E-state index contributed by atoms with van der Waals surface area (Å²) < 4.78 is 28.5. The third-order valence-corrected chi connectivity index (χ3v) is 8.78. The molecule has 0 saturated carbocycles. The van der Waals surface area contributed by atoms with Gasteiger partial charge in [0.25, 0.3) is 10.0 Å². The van der Waals surface area contributed by atoms with Crippen LogP contribution in [-0.2, 0) is 26.2 Å². The summed E-state index contributed by atoms with van der Waals surface area (Å²) in [5, 5.41) is 3.59. The normalized spacial score (nSPS) is 12.0. The van der Waals surface area contributed by atoms with E-state index in [1.807, 2.05) is 6.92 Å². The Morgan fingerprint density at radius 2 is 1.59 bits per heavy atom. The van der Waals surface area contributed by atoms with Crippen LogP contribution in [-0.4, -0.2) is 44.3 Å². The molecule has 11 heteroatoms. The standard InChI is InChI=1S/C28H30Cl3N3O4S/c1-3-4-16-32-28(36)20(2)33(18-21-10-8-9-13-24(21)30)27(35)19-34(26-17-22(29)14-15-25(26)31)39(37,38)23-11-6-5-7-12-23/h5-15,17,20H,3-4,16,18-19H2,1-2H3,(H,32,36)/t20-/m0/s1. The first-order valence-electron chi connectivity index (χ1n) is 12.4. The fourth-order valence-corrected chi connectivity index (χ4v) is 5.92. The second kappa shape index (κ2) is 14.0. The molecule has 0 spiro atoms. The summed E-state index contributed by atoms with van der Waals surface area (Å²) in [6.45, 7) is 3.42. The fraction of sp³-hybridized carbons (Fsp3) is 0.286. The molecule has 3 rings (SSSR count). The molecule has 0 aliphatic carbocycles. The topological polar surface area (TPSA) is 86.8 Å². The van der Waals surface area contributed by atoms with Crippen molar-refractivity contribution in [3.63, 3.8) is 0 Å². The molecule has 0 bridgehead atoms. The van der Waals surface area contributed by atoms with Crippen molar-refractivity contribution < 1.29 is 18.0 Å². The van der Waals surface area contributed by atoms with E-state index in [4.69, 9.17) is 34.8 Å². The van der Waals surface area contributed by atoms with Gasteiger partial charge in [0, 0.05) is 23.1 Å². The highest BCUT2D eigenvalue weighted by Crippen LogP contribution is 2.33. The molecule has 0 saturated heterocycles. The third kappa shape index (κ3) is 7.88. The van der Waals surface area contributed by atoms with Gasteiger partial charge in [-0.1, -0.05) is 84.5 Å². The highest BCUT2D eigenvalue weighted by atomic mass is 35.5. The van der Waals surface area contributed by atoms with E-state index in [2.05, 4.69) is 5.32 Å². The molecule has 3 aromatic rings. The Balaban J connectivity index is 2.04. The smallest absolute Gasteiger partial charge is 0.264 e. The number of sulfonamides is 1. The Morgan fingerprint density at radius 1 is 0.923 bits per heavy atom. The minimum absolute atomic E-state index is 0.0105. The number of amides is 2. The fourth-order valence-electron chi connectivity index (χ4n) is 3.84. The van der Waals surface area contributed by atoms with Crippen LogP contribution in [0, 0.1) is 0 Å². The first-order chi connectivity index (χ1) is 18.6. The number of hydrogen-bond donors (Lipinski definition) is 1. The van der Waals surface area contributed by atoms with Crippen LogP contribution in [0.15, 0.2) is 77.7 Å². The Kier molecular flexibility index (Phi) is 11.1. The Labute approximate surface area is 244 Å². The van der Waals surface area contributed by atoms with Gasteiger partial charge in [-0.3, -0.25) is 13.9 Å². The molecule has 3 aromatic carbocycles. The monoisotopic (exact) mass is 609 g/mol. The van der Waals surface area contributed by atoms with Crippen molar-refractivity contribution in [3.8, 4) is 0 Å². The first kappa shape index (κ1) is 30.8. The summed E-state index contributed by atoms with van der Waals surface area (Å²) in [7, 11) is -4.25. The van der Waals surface area contributed by atoms with Crippen LogP contribution in [0.4, 0.5) is 5.69 Å². The number of anilines is 1. The van der Waals surface area contributed by atoms with E-state index in [0.717, 1.165) is 17.1 Å². The third-order valence-electron chi connectivity index (χ3n) is 6.08. The Hall–Kier alpha value is -2.78. The Bertz CT molecular complexity index is 1400. The van der Waals surface area contributed by atoms with Gasteiger partial charge < -0.3 is 10.2 Å². The van der Waals surface area contributed by atoms with Crippen LogP contribution in [0.5, 0.6) is 0 Å². The van der Waals surface area contributed by atoms with Gasteiger partial charge in [0.1, 0.15) is 12.6 Å². The quantitative estimate of drug-likeness (QED) is 0.248. The van der Waals surface area contributed by atoms with Crippen LogP contribution in [0.1, 0.15) is 32.3 Å². The minimum Gasteiger partial charge on any atom is -0.354 e. The van der Waals surface area contributed by atoms with Gasteiger partial charge in [0.2, 0.25) is 11.8 Å². The molecule has 0 aliphatic heterocycles. The van der Waals surface area contributed by atoms with Crippen LogP contribution in [0.3, 0.4) is 0 Å². The molecule has 0 radical (unpaired) electrons. The maximum absolute atomic E-state index is 13.9. The average molecular weight is 611 g/mol. The minimum atomic E-state index is -4.25. The maximum Gasteiger partial charge on any atom is 0.264 e. The lowest BCUT2D eigenvalue weighted by Gasteiger charge is -2.32. The average Bonchev–Trinajstić information content (AvgIpc) is 2.92. The zero-order valence-electron chi connectivity index (χ0n) is 21.6. The van der Waals surface area contributed by atoms with Crippen molar-refractivity contribution in [1.82, 2.24) is 10.2 Å². The Morgan fingerprint density at radius 3 is 2.26 bits per heavy atom. The van der Waals surface area contributed by atoms with Crippen LogP contribution < -0.4 is 9.62 Å². The van der Waals surface area contributed by atoms with Gasteiger partial charge >= 0.3 is 0 Å². The summed E-state index contributed by atoms with van der Waals surface area (Å²) in [6, 6.07) is 18.1. The zero-order valence-corrected chi connectivity index (χ0v) is 24.7. The van der Waals surface area contributed by atoms with Crippen molar-refractivity contribution in [2.45, 2.75) is 44.2 Å². The molecule has 2 amide bonds. The van der Waals surface area contributed by atoms with E-state index in [-0.39, 0.29) is 33.1 Å². The molecule has 39 heavy (non-hydrogen) atoms. The lowest BCUT2D eigenvalue weighted by molar-refractivity contribution is -0.139. The number of nitrogens with zero attached hydrogens (tertiary/aromatic N) is 2. The van der Waals surface area contributed by atoms with Crippen molar-refractivity contribution in [3.05, 3.63) is 93.4 Å². The van der Waals surface area contributed by atoms with Crippen LogP contribution >= 0.6 is 34.8 Å². The van der Waals surface area contributed by atoms with E-state index in [1.165, 1.54) is 35.2 Å². The largest absolute Gasteiger partial charge is 0.354 e. The van der Waals surface area contributed by atoms with E-state index in [0.29, 0.717) is 17.1 Å². The van der Waals surface area contributed by atoms with E-state index in [1.54, 1.807) is 49.4 Å². The van der Waals surface area contributed by atoms with Crippen LogP contribution in [0.2, 0.25) is 15.1 Å². The number of nitrogens with one attached hydrogen (secondary N) is 1. The van der Waals surface area contributed by atoms with Gasteiger partial charge in [-0.25, -0.2) is 8.42 Å². The predicted octanol–water partition coefficient (Wildman–Crippen LogP) is 6.18. The van der Waals surface area contributed by atoms with E-state index in [9.17, 15) is 18.0 Å². The number of halogens is 3. The molecule has 0 unspecified atom stereocenters. The molecule has 208 valence electrons. The van der Waals surface area contributed by atoms with Gasteiger partial charge in [-0.2, -0.15) is 0 Å². The number of carbonyl (C=O) groups is 2. The number of unbranched alkanes of at least 4 members (excludes halogenated alkanes) is 1. The highest BCUT2D eigenvalue weighted by Gasteiger charge is 2.33. The molecular formula is C28H30Cl3N3O4S. The van der Waals surface area contributed by atoms with Crippen molar-refractivity contribution in [2.24, 2.45) is 0 Å². The SMILES string of the molecule is CCCCNC(=O)[C@H](C)N(Cc1ccccc1Cl)C(=O)CN(c1cc(Cl)ccc1Cl)S(=O)(=O)c1ccccc1. The van der Waals surface area contributed by atoms with Gasteiger partial charge in [0.05, 0.1) is 15.6 Å². The van der Waals surface area contributed by atoms with E-state index < -0.39 is 28.5 Å². The molecule has 0 heterocycles. The maximum atomic E-state index is 13.9. The summed E-state index contributed by atoms with van der Waals surface area (Å²) in [6.07, 6.45) is 1.68. The van der Waals surface area contributed by atoms with Crippen molar-refractivity contribution in [2.75, 3.05) is 17.4 Å². The number of benzene rings is 3. The molecule has 1 N–H and O–H groups in total. The molecule has 7 nitrogen and oxygen atoms in total. The second-order valence-corrected chi connectivity index (χ2v) is 12.0. The molecule has 0 aromatic heterocycles. The number of carbonyl (C=O) groups excluding carboxylic acids is 2. The molecule has 0 aliphatic rings. The van der Waals surface area contributed by atoms with Crippen molar-refractivity contribution in [1.29, 1.82) is 0 Å². The van der Waals surface area contributed by atoms with Gasteiger partial charge in [-0.15, -0.1) is 0 Å². The summed E-state index contributed by atoms with van der Waals surface area (Å²) in [4.78, 5) is 28.2. The molecule has 0 fully saturated rings. The van der Waals surface area contributed by atoms with Gasteiger partial charge in [-0.05, 0) is 55.3 Å². The molecule has 1 atom stereocenters. The number of hydrogen-bond acceptors (Lipinski definition) is 4. The van der Waals surface area contributed by atoms with Gasteiger partial charge in [0.15, 0.2) is 0 Å². The summed E-state index contributed by atoms with van der Waals surface area (Å²) >= 11 is 19.0. The first-order valence-corrected chi connectivity index (χ1v) is 15.0. The predicted molar refractivity (Wildman–Crippen MR) is 157 cm³/mol. The van der Waals surface area contributed by atoms with Crippen molar-refractivity contribution >= 4 is 62.3 Å². The second-order valence-electron chi connectivity index (χ2n) is 8.85. The summed E-state index contributed by atoms with van der Waals surface area (Å²) in [5.41, 5.74) is 0.651. The zero-order chi connectivity index (χ0) is 28.6. The molecular weight excluding hydrogens is 581 g/mol. The number of rotatable bonds is 12. The lowest BCUT2D eigenvalue weighted by atomic mass is 10.1. The lowest BCUT2D eigenvalue weighted by Crippen LogP contribution is -2.51. The summed E-state index contributed by atoms with van der Waals surface area (Å²) in [5.74, 6) is -0.981.